The predicted octanol–water partition coefficient (Wildman–Crippen LogP) is 1.74. The number of piperidine rings is 1. The number of nitro groups is 1. The molecular formula is C12H17N3O4S. The number of benzene rings is 1. The van der Waals surface area contributed by atoms with E-state index in [1.807, 2.05) is 6.92 Å². The first-order valence-corrected chi connectivity index (χ1v) is 7.84. The van der Waals surface area contributed by atoms with Gasteiger partial charge in [0, 0.05) is 18.7 Å². The van der Waals surface area contributed by atoms with Gasteiger partial charge in [0.05, 0.1) is 9.82 Å². The molecule has 1 aliphatic heterocycles. The highest BCUT2D eigenvalue weighted by atomic mass is 32.2. The lowest BCUT2D eigenvalue weighted by atomic mass is 10.1. The molecule has 8 heteroatoms. The molecule has 1 fully saturated rings. The van der Waals surface area contributed by atoms with E-state index in [0.29, 0.717) is 6.54 Å². The van der Waals surface area contributed by atoms with Gasteiger partial charge in [-0.2, -0.15) is 4.31 Å². The van der Waals surface area contributed by atoms with Crippen molar-refractivity contribution in [2.24, 2.45) is 0 Å². The Kier molecular flexibility index (Phi) is 3.96. The van der Waals surface area contributed by atoms with Crippen molar-refractivity contribution in [3.8, 4) is 0 Å². The average Bonchev–Trinajstić information content (AvgIpc) is 2.38. The number of rotatable bonds is 3. The zero-order valence-electron chi connectivity index (χ0n) is 11.2. The monoisotopic (exact) mass is 299 g/mol. The summed E-state index contributed by atoms with van der Waals surface area (Å²) < 4.78 is 26.5. The second-order valence-electron chi connectivity index (χ2n) is 4.94. The van der Waals surface area contributed by atoms with E-state index in [1.54, 1.807) is 0 Å². The molecule has 1 atom stereocenters. The summed E-state index contributed by atoms with van der Waals surface area (Å²) >= 11 is 0. The number of hydrogen-bond donors (Lipinski definition) is 1. The largest absolute Gasteiger partial charge is 0.393 e. The lowest BCUT2D eigenvalue weighted by Gasteiger charge is -2.32. The van der Waals surface area contributed by atoms with Crippen LogP contribution in [0, 0.1) is 10.1 Å². The van der Waals surface area contributed by atoms with Gasteiger partial charge >= 0.3 is 0 Å². The zero-order valence-corrected chi connectivity index (χ0v) is 12.0. The Labute approximate surface area is 117 Å². The fraction of sp³-hybridized carbons (Fsp3) is 0.500. The van der Waals surface area contributed by atoms with Crippen LogP contribution in [-0.2, 0) is 10.0 Å². The third kappa shape index (κ3) is 2.61. The molecule has 1 aliphatic rings. The highest BCUT2D eigenvalue weighted by Gasteiger charge is 2.31. The molecule has 1 saturated heterocycles. The van der Waals surface area contributed by atoms with Crippen LogP contribution in [0.25, 0.3) is 0 Å². The van der Waals surface area contributed by atoms with E-state index in [9.17, 15) is 18.5 Å². The molecular weight excluding hydrogens is 282 g/mol. The summed E-state index contributed by atoms with van der Waals surface area (Å²) in [6.07, 6.45) is 2.66. The summed E-state index contributed by atoms with van der Waals surface area (Å²) in [4.78, 5) is 10.1. The Morgan fingerprint density at radius 2 is 2.10 bits per heavy atom. The molecule has 0 radical (unpaired) electrons. The number of nitrogens with zero attached hydrogens (tertiary/aromatic N) is 2. The Morgan fingerprint density at radius 3 is 2.65 bits per heavy atom. The van der Waals surface area contributed by atoms with Crippen LogP contribution in [0.1, 0.15) is 26.2 Å². The van der Waals surface area contributed by atoms with Crippen LogP contribution in [0.4, 0.5) is 11.4 Å². The number of sulfonamides is 1. The minimum Gasteiger partial charge on any atom is -0.393 e. The molecule has 0 saturated carbocycles. The van der Waals surface area contributed by atoms with Gasteiger partial charge in [-0.1, -0.05) is 6.42 Å². The van der Waals surface area contributed by atoms with Crippen LogP contribution in [0.2, 0.25) is 0 Å². The van der Waals surface area contributed by atoms with Crippen LogP contribution >= 0.6 is 0 Å². The van der Waals surface area contributed by atoms with Gasteiger partial charge in [0.15, 0.2) is 0 Å². The number of anilines is 1. The Morgan fingerprint density at radius 1 is 1.40 bits per heavy atom. The van der Waals surface area contributed by atoms with Crippen LogP contribution in [0.5, 0.6) is 0 Å². The Bertz CT molecular complexity index is 630. The van der Waals surface area contributed by atoms with Gasteiger partial charge in [0.2, 0.25) is 10.0 Å². The summed E-state index contributed by atoms with van der Waals surface area (Å²) in [5.74, 6) is 0. The van der Waals surface area contributed by atoms with Gasteiger partial charge in [-0.05, 0) is 31.9 Å². The first-order valence-electron chi connectivity index (χ1n) is 6.40. The second kappa shape index (κ2) is 5.37. The van der Waals surface area contributed by atoms with E-state index in [1.165, 1.54) is 10.4 Å². The van der Waals surface area contributed by atoms with Crippen LogP contribution in [0.3, 0.4) is 0 Å². The first kappa shape index (κ1) is 14.7. The van der Waals surface area contributed by atoms with Crippen molar-refractivity contribution in [2.75, 3.05) is 12.3 Å². The summed E-state index contributed by atoms with van der Waals surface area (Å²) in [7, 11) is -3.65. The van der Waals surface area contributed by atoms with Gasteiger partial charge in [-0.15, -0.1) is 0 Å². The number of nitrogens with two attached hydrogens (primary N) is 1. The van der Waals surface area contributed by atoms with Gasteiger partial charge in [0.25, 0.3) is 5.69 Å². The van der Waals surface area contributed by atoms with Crippen LogP contribution in [0.15, 0.2) is 23.1 Å². The summed E-state index contributed by atoms with van der Waals surface area (Å²) in [6, 6.07) is 3.47. The highest BCUT2D eigenvalue weighted by molar-refractivity contribution is 7.89. The molecule has 2 N–H and O–H groups in total. The maximum atomic E-state index is 12.5. The van der Waals surface area contributed by atoms with Crippen molar-refractivity contribution in [2.45, 2.75) is 37.1 Å². The van der Waals surface area contributed by atoms with E-state index in [0.717, 1.165) is 31.4 Å². The molecule has 7 nitrogen and oxygen atoms in total. The van der Waals surface area contributed by atoms with Gasteiger partial charge in [0.1, 0.15) is 5.69 Å². The van der Waals surface area contributed by atoms with E-state index >= 15 is 0 Å². The number of nitro benzene ring substituents is 1. The van der Waals surface area contributed by atoms with Crippen molar-refractivity contribution >= 4 is 21.4 Å². The first-order chi connectivity index (χ1) is 9.34. The van der Waals surface area contributed by atoms with Crippen molar-refractivity contribution in [3.63, 3.8) is 0 Å². The van der Waals surface area contributed by atoms with Crippen molar-refractivity contribution < 1.29 is 13.3 Å². The molecule has 0 aliphatic carbocycles. The maximum Gasteiger partial charge on any atom is 0.292 e. The molecule has 1 aromatic rings. The lowest BCUT2D eigenvalue weighted by Crippen LogP contribution is -2.41. The van der Waals surface area contributed by atoms with E-state index in [-0.39, 0.29) is 22.3 Å². The molecule has 2 rings (SSSR count). The van der Waals surface area contributed by atoms with Crippen molar-refractivity contribution in [1.82, 2.24) is 4.31 Å². The third-order valence-corrected chi connectivity index (χ3v) is 5.55. The van der Waals surface area contributed by atoms with Crippen LogP contribution < -0.4 is 5.73 Å². The summed E-state index contributed by atoms with van der Waals surface area (Å²) in [5.41, 5.74) is 5.14. The molecule has 1 unspecified atom stereocenters. The topological polar surface area (TPSA) is 107 Å². The molecule has 0 spiro atoms. The quantitative estimate of drug-likeness (QED) is 0.519. The van der Waals surface area contributed by atoms with Crippen LogP contribution in [-0.4, -0.2) is 30.2 Å². The molecule has 0 aromatic heterocycles. The average molecular weight is 299 g/mol. The molecule has 20 heavy (non-hydrogen) atoms. The number of nitrogen functional groups attached to an aromatic ring is 1. The normalized spacial score (nSPS) is 20.8. The van der Waals surface area contributed by atoms with Gasteiger partial charge in [-0.3, -0.25) is 10.1 Å². The van der Waals surface area contributed by atoms with Crippen molar-refractivity contribution in [1.29, 1.82) is 0 Å². The lowest BCUT2D eigenvalue weighted by molar-refractivity contribution is -0.383. The number of hydrogen-bond acceptors (Lipinski definition) is 5. The molecule has 1 aromatic carbocycles. The summed E-state index contributed by atoms with van der Waals surface area (Å²) in [5, 5.41) is 10.7. The fourth-order valence-electron chi connectivity index (χ4n) is 2.42. The van der Waals surface area contributed by atoms with E-state index < -0.39 is 14.9 Å². The molecule has 0 amide bonds. The minimum atomic E-state index is -3.65. The smallest absolute Gasteiger partial charge is 0.292 e. The fourth-order valence-corrected chi connectivity index (χ4v) is 4.16. The SMILES string of the molecule is CC1CCCCN1S(=O)(=O)c1ccc([N+](=O)[O-])c(N)c1. The zero-order chi connectivity index (χ0) is 14.9. The van der Waals surface area contributed by atoms with Gasteiger partial charge < -0.3 is 5.73 Å². The second-order valence-corrected chi connectivity index (χ2v) is 6.83. The highest BCUT2D eigenvalue weighted by Crippen LogP contribution is 2.29. The Hall–Kier alpha value is -1.67. The minimum absolute atomic E-state index is 0.00866. The third-order valence-electron chi connectivity index (χ3n) is 3.54. The van der Waals surface area contributed by atoms with Gasteiger partial charge in [-0.25, -0.2) is 8.42 Å². The van der Waals surface area contributed by atoms with E-state index in [2.05, 4.69) is 0 Å². The van der Waals surface area contributed by atoms with Crippen molar-refractivity contribution in [3.05, 3.63) is 28.3 Å². The summed E-state index contributed by atoms with van der Waals surface area (Å²) in [6.45, 7) is 2.34. The molecule has 110 valence electrons. The Balaban J connectivity index is 2.39. The van der Waals surface area contributed by atoms with E-state index in [4.69, 9.17) is 5.73 Å². The molecule has 0 bridgehead atoms. The molecule has 1 heterocycles. The maximum absolute atomic E-state index is 12.5. The predicted molar refractivity (Wildman–Crippen MR) is 74.7 cm³/mol. The standard InChI is InChI=1S/C12H17N3O4S/c1-9-4-2-3-7-14(9)20(18,19)10-5-6-12(15(16)17)11(13)8-10/h5-6,8-9H,2-4,7,13H2,1H3.